The number of likely N-dealkylation sites (tertiary alicyclic amines) is 1. The second-order valence-electron chi connectivity index (χ2n) is 7.64. The number of fused-ring (bicyclic) bond motifs is 1. The standard InChI is InChI=1S/C20H23N5O3S/c1-12-5-6-24(19(27)16-11-29-10-13(16)2)15(7-12)8-21-18(26)14-3-4-17-22-23-20(28)25(17)9-14/h3-4,9-12,15H,5-8H2,1-2H3,(H,21,26)(H,23,28)/t12-,15+/m1/s1. The highest BCUT2D eigenvalue weighted by molar-refractivity contribution is 7.08. The van der Waals surface area contributed by atoms with Gasteiger partial charge in [-0.3, -0.25) is 9.59 Å². The summed E-state index contributed by atoms with van der Waals surface area (Å²) in [5.41, 5.74) is 2.16. The molecule has 2 N–H and O–H groups in total. The monoisotopic (exact) mass is 413 g/mol. The summed E-state index contributed by atoms with van der Waals surface area (Å²) in [6, 6.07) is 3.19. The van der Waals surface area contributed by atoms with E-state index in [0.29, 0.717) is 30.2 Å². The van der Waals surface area contributed by atoms with E-state index < -0.39 is 5.69 Å². The Morgan fingerprint density at radius 2 is 2.17 bits per heavy atom. The zero-order valence-corrected chi connectivity index (χ0v) is 17.2. The number of nitrogens with zero attached hydrogens (tertiary/aromatic N) is 3. The van der Waals surface area contributed by atoms with Crippen molar-refractivity contribution in [3.8, 4) is 0 Å². The van der Waals surface area contributed by atoms with E-state index in [-0.39, 0.29) is 17.9 Å². The van der Waals surface area contributed by atoms with Crippen LogP contribution in [-0.4, -0.2) is 50.4 Å². The summed E-state index contributed by atoms with van der Waals surface area (Å²) >= 11 is 1.53. The Labute approximate surface area is 171 Å². The van der Waals surface area contributed by atoms with Gasteiger partial charge in [-0.15, -0.1) is 0 Å². The van der Waals surface area contributed by atoms with Crippen LogP contribution in [0.2, 0.25) is 0 Å². The SMILES string of the molecule is Cc1cscc1C(=O)N1CC[C@@H](C)C[C@H]1CNC(=O)c1ccc2n[nH]c(=O)n2c1. The topological polar surface area (TPSA) is 99.6 Å². The molecule has 4 heterocycles. The van der Waals surface area contributed by atoms with E-state index in [9.17, 15) is 14.4 Å². The summed E-state index contributed by atoms with van der Waals surface area (Å²) in [4.78, 5) is 39.3. The molecule has 1 saturated heterocycles. The number of amides is 2. The first-order chi connectivity index (χ1) is 13.9. The minimum absolute atomic E-state index is 0.0290. The number of carbonyl (C=O) groups is 2. The van der Waals surface area contributed by atoms with Gasteiger partial charge in [0.1, 0.15) is 0 Å². The number of rotatable bonds is 4. The number of hydrogen-bond acceptors (Lipinski definition) is 5. The van der Waals surface area contributed by atoms with Gasteiger partial charge >= 0.3 is 5.69 Å². The number of aromatic amines is 1. The van der Waals surface area contributed by atoms with E-state index >= 15 is 0 Å². The van der Waals surface area contributed by atoms with Crippen LogP contribution < -0.4 is 11.0 Å². The van der Waals surface area contributed by atoms with Crippen LogP contribution in [0.1, 0.15) is 46.0 Å². The van der Waals surface area contributed by atoms with Gasteiger partial charge in [0.25, 0.3) is 11.8 Å². The van der Waals surface area contributed by atoms with Crippen molar-refractivity contribution < 1.29 is 9.59 Å². The zero-order chi connectivity index (χ0) is 20.5. The van der Waals surface area contributed by atoms with Gasteiger partial charge in [-0.1, -0.05) is 6.92 Å². The first-order valence-corrected chi connectivity index (χ1v) is 10.6. The van der Waals surface area contributed by atoms with Crippen LogP contribution in [0.25, 0.3) is 5.65 Å². The normalized spacial score (nSPS) is 19.4. The number of pyridine rings is 1. The first-order valence-electron chi connectivity index (χ1n) is 9.63. The Bertz CT molecular complexity index is 1110. The molecule has 0 aliphatic carbocycles. The predicted octanol–water partition coefficient (Wildman–Crippen LogP) is 2.06. The number of thiophene rings is 1. The molecule has 2 atom stereocenters. The summed E-state index contributed by atoms with van der Waals surface area (Å²) in [6.07, 6.45) is 3.27. The maximum atomic E-state index is 13.0. The maximum absolute atomic E-state index is 13.0. The number of H-pyrrole nitrogens is 1. The molecule has 1 fully saturated rings. The molecular weight excluding hydrogens is 390 g/mol. The van der Waals surface area contributed by atoms with Crippen molar-refractivity contribution in [1.29, 1.82) is 0 Å². The number of carbonyl (C=O) groups excluding carboxylic acids is 2. The lowest BCUT2D eigenvalue weighted by Gasteiger charge is -2.38. The molecule has 0 aromatic carbocycles. The average molecular weight is 414 g/mol. The Balaban J connectivity index is 1.48. The Morgan fingerprint density at radius 1 is 1.34 bits per heavy atom. The lowest BCUT2D eigenvalue weighted by Crippen LogP contribution is -2.51. The van der Waals surface area contributed by atoms with E-state index in [2.05, 4.69) is 22.4 Å². The van der Waals surface area contributed by atoms with Crippen LogP contribution in [0.15, 0.2) is 33.9 Å². The van der Waals surface area contributed by atoms with Gasteiger partial charge in [0.2, 0.25) is 0 Å². The van der Waals surface area contributed by atoms with Crippen molar-refractivity contribution in [2.75, 3.05) is 13.1 Å². The van der Waals surface area contributed by atoms with E-state index in [1.165, 1.54) is 21.9 Å². The molecule has 152 valence electrons. The fourth-order valence-electron chi connectivity index (χ4n) is 3.80. The van der Waals surface area contributed by atoms with Crippen molar-refractivity contribution in [1.82, 2.24) is 24.8 Å². The van der Waals surface area contributed by atoms with Gasteiger partial charge in [0.05, 0.1) is 11.1 Å². The minimum atomic E-state index is -0.390. The third-order valence-corrected chi connectivity index (χ3v) is 6.36. The Hall–Kier alpha value is -2.94. The van der Waals surface area contributed by atoms with Gasteiger partial charge in [0.15, 0.2) is 5.65 Å². The van der Waals surface area contributed by atoms with Crippen molar-refractivity contribution in [3.05, 3.63) is 56.3 Å². The molecular formula is C20H23N5O3S. The molecule has 1 aliphatic heterocycles. The molecule has 1 aliphatic rings. The van der Waals surface area contributed by atoms with Gasteiger partial charge in [-0.2, -0.15) is 16.4 Å². The zero-order valence-electron chi connectivity index (χ0n) is 16.3. The third kappa shape index (κ3) is 3.82. The maximum Gasteiger partial charge on any atom is 0.347 e. The predicted molar refractivity (Wildman–Crippen MR) is 110 cm³/mol. The minimum Gasteiger partial charge on any atom is -0.350 e. The molecule has 8 nitrogen and oxygen atoms in total. The molecule has 0 bridgehead atoms. The molecule has 0 radical (unpaired) electrons. The van der Waals surface area contributed by atoms with E-state index in [1.807, 2.05) is 22.6 Å². The van der Waals surface area contributed by atoms with E-state index in [4.69, 9.17) is 0 Å². The smallest absolute Gasteiger partial charge is 0.347 e. The van der Waals surface area contributed by atoms with Gasteiger partial charge in [-0.25, -0.2) is 14.3 Å². The molecule has 3 aromatic heterocycles. The molecule has 3 aromatic rings. The molecule has 29 heavy (non-hydrogen) atoms. The van der Waals surface area contributed by atoms with Crippen LogP contribution in [0, 0.1) is 12.8 Å². The lowest BCUT2D eigenvalue weighted by molar-refractivity contribution is 0.0550. The summed E-state index contributed by atoms with van der Waals surface area (Å²) in [6.45, 7) is 5.18. The average Bonchev–Trinajstić information content (AvgIpc) is 3.31. The second-order valence-corrected chi connectivity index (χ2v) is 8.38. The van der Waals surface area contributed by atoms with Crippen LogP contribution in [0.5, 0.6) is 0 Å². The third-order valence-electron chi connectivity index (χ3n) is 5.50. The van der Waals surface area contributed by atoms with E-state index in [1.54, 1.807) is 12.1 Å². The number of piperidine rings is 1. The number of hydrogen-bond donors (Lipinski definition) is 2. The molecule has 0 unspecified atom stereocenters. The summed E-state index contributed by atoms with van der Waals surface area (Å²) in [7, 11) is 0. The van der Waals surface area contributed by atoms with Gasteiger partial charge in [0, 0.05) is 30.7 Å². The van der Waals surface area contributed by atoms with Crippen molar-refractivity contribution in [3.63, 3.8) is 0 Å². The van der Waals surface area contributed by atoms with Crippen LogP contribution in [-0.2, 0) is 0 Å². The molecule has 2 amide bonds. The number of aromatic nitrogens is 3. The fraction of sp³-hybridized carbons (Fsp3) is 0.400. The number of nitrogens with one attached hydrogen (secondary N) is 2. The van der Waals surface area contributed by atoms with Crippen molar-refractivity contribution in [2.24, 2.45) is 5.92 Å². The van der Waals surface area contributed by atoms with E-state index in [0.717, 1.165) is 24.0 Å². The largest absolute Gasteiger partial charge is 0.350 e. The Morgan fingerprint density at radius 3 is 2.93 bits per heavy atom. The fourth-order valence-corrected chi connectivity index (χ4v) is 4.62. The molecule has 0 spiro atoms. The molecule has 4 rings (SSSR count). The highest BCUT2D eigenvalue weighted by atomic mass is 32.1. The molecule has 9 heteroatoms. The van der Waals surface area contributed by atoms with Crippen LogP contribution >= 0.6 is 11.3 Å². The lowest BCUT2D eigenvalue weighted by atomic mass is 9.91. The van der Waals surface area contributed by atoms with Gasteiger partial charge in [-0.05, 0) is 48.8 Å². The van der Waals surface area contributed by atoms with Crippen molar-refractivity contribution in [2.45, 2.75) is 32.7 Å². The first kappa shape index (κ1) is 19.4. The molecule has 0 saturated carbocycles. The summed E-state index contributed by atoms with van der Waals surface area (Å²) in [5, 5.41) is 13.0. The van der Waals surface area contributed by atoms with Crippen LogP contribution in [0.3, 0.4) is 0 Å². The number of aryl methyl sites for hydroxylation is 1. The summed E-state index contributed by atoms with van der Waals surface area (Å²) in [5.74, 6) is 0.240. The quantitative estimate of drug-likeness (QED) is 0.684. The highest BCUT2D eigenvalue weighted by Gasteiger charge is 2.31. The summed E-state index contributed by atoms with van der Waals surface area (Å²) < 4.78 is 1.30. The Kier molecular flexibility index (Phi) is 5.23. The second kappa shape index (κ2) is 7.82. The van der Waals surface area contributed by atoms with Gasteiger partial charge < -0.3 is 10.2 Å². The van der Waals surface area contributed by atoms with Crippen LogP contribution in [0.4, 0.5) is 0 Å². The van der Waals surface area contributed by atoms with Crippen molar-refractivity contribution >= 4 is 28.8 Å². The highest BCUT2D eigenvalue weighted by Crippen LogP contribution is 2.26.